The van der Waals surface area contributed by atoms with Gasteiger partial charge in [-0.1, -0.05) is 6.92 Å². The molecule has 0 N–H and O–H groups in total. The van der Waals surface area contributed by atoms with Crippen LogP contribution in [0.3, 0.4) is 0 Å². The summed E-state index contributed by atoms with van der Waals surface area (Å²) < 4.78 is 22.6. The first-order valence-electron chi connectivity index (χ1n) is 3.70. The van der Waals surface area contributed by atoms with Crippen LogP contribution in [0.1, 0.15) is 12.5 Å². The van der Waals surface area contributed by atoms with E-state index in [1.807, 2.05) is 6.92 Å². The summed E-state index contributed by atoms with van der Waals surface area (Å²) in [5, 5.41) is 0. The van der Waals surface area contributed by atoms with Gasteiger partial charge in [-0.05, 0) is 18.6 Å². The van der Waals surface area contributed by atoms with Crippen molar-refractivity contribution in [2.45, 2.75) is 18.7 Å². The van der Waals surface area contributed by atoms with Crippen molar-refractivity contribution < 1.29 is 8.42 Å². The minimum Gasteiger partial charge on any atom is -0.263 e. The minimum atomic E-state index is -3.08. The highest BCUT2D eigenvalue weighted by molar-refractivity contribution is 7.91. The lowest BCUT2D eigenvalue weighted by Gasteiger charge is -2.00. The monoisotopic (exact) mass is 185 g/mol. The molecule has 4 heteroatoms. The molecule has 0 atom stereocenters. The van der Waals surface area contributed by atoms with E-state index in [0.717, 1.165) is 5.56 Å². The van der Waals surface area contributed by atoms with E-state index in [0.29, 0.717) is 4.90 Å². The quantitative estimate of drug-likeness (QED) is 0.695. The fourth-order valence-electron chi connectivity index (χ4n) is 0.864. The summed E-state index contributed by atoms with van der Waals surface area (Å²) in [5.74, 6) is 0.123. The Morgan fingerprint density at radius 3 is 2.58 bits per heavy atom. The average molecular weight is 185 g/mol. The minimum absolute atomic E-state index is 0.123. The normalized spacial score (nSPS) is 11.5. The molecule has 3 nitrogen and oxygen atoms in total. The lowest BCUT2D eigenvalue weighted by molar-refractivity contribution is 0.596. The highest BCUT2D eigenvalue weighted by atomic mass is 32.2. The van der Waals surface area contributed by atoms with Gasteiger partial charge in [0.1, 0.15) is 0 Å². The first kappa shape index (κ1) is 9.19. The van der Waals surface area contributed by atoms with Crippen LogP contribution >= 0.6 is 0 Å². The molecule has 1 heterocycles. The van der Waals surface area contributed by atoms with E-state index in [9.17, 15) is 8.42 Å². The Hall–Kier alpha value is -0.900. The summed E-state index contributed by atoms with van der Waals surface area (Å²) in [6.45, 7) is 3.44. The number of rotatable bonds is 2. The van der Waals surface area contributed by atoms with Crippen molar-refractivity contribution in [3.63, 3.8) is 0 Å². The molecule has 0 saturated carbocycles. The van der Waals surface area contributed by atoms with Crippen LogP contribution in [0.4, 0.5) is 0 Å². The lowest BCUT2D eigenvalue weighted by atomic mass is 10.3. The van der Waals surface area contributed by atoms with Crippen LogP contribution in [0, 0.1) is 6.92 Å². The van der Waals surface area contributed by atoms with E-state index in [1.165, 1.54) is 6.20 Å². The number of aromatic nitrogens is 1. The van der Waals surface area contributed by atoms with Gasteiger partial charge in [-0.2, -0.15) is 0 Å². The van der Waals surface area contributed by atoms with E-state index in [1.54, 1.807) is 19.2 Å². The van der Waals surface area contributed by atoms with Gasteiger partial charge in [0.25, 0.3) is 0 Å². The van der Waals surface area contributed by atoms with Crippen molar-refractivity contribution >= 4 is 9.84 Å². The van der Waals surface area contributed by atoms with Crippen molar-refractivity contribution in [3.05, 3.63) is 24.0 Å². The highest BCUT2D eigenvalue weighted by Gasteiger charge is 2.10. The van der Waals surface area contributed by atoms with Gasteiger partial charge in [0.05, 0.1) is 10.6 Å². The van der Waals surface area contributed by atoms with E-state index in [2.05, 4.69) is 4.98 Å². The molecule has 0 saturated heterocycles. The second-order valence-corrected chi connectivity index (χ2v) is 4.88. The summed E-state index contributed by atoms with van der Waals surface area (Å²) in [6.07, 6.45) is 3.01. The molecule has 0 fully saturated rings. The smallest absolute Gasteiger partial charge is 0.179 e. The first-order chi connectivity index (χ1) is 5.56. The van der Waals surface area contributed by atoms with Crippen molar-refractivity contribution in [3.8, 4) is 0 Å². The van der Waals surface area contributed by atoms with Crippen LogP contribution < -0.4 is 0 Å². The number of aryl methyl sites for hydroxylation is 1. The molecule has 0 bridgehead atoms. The van der Waals surface area contributed by atoms with Crippen molar-refractivity contribution in [1.29, 1.82) is 0 Å². The summed E-state index contributed by atoms with van der Waals surface area (Å²) in [6, 6.07) is 1.63. The van der Waals surface area contributed by atoms with Crippen LogP contribution in [-0.2, 0) is 9.84 Å². The van der Waals surface area contributed by atoms with Crippen molar-refractivity contribution in [1.82, 2.24) is 4.98 Å². The van der Waals surface area contributed by atoms with E-state index < -0.39 is 9.84 Å². The average Bonchev–Trinajstić information content (AvgIpc) is 2.05. The Labute approximate surface area is 72.4 Å². The molecule has 0 aromatic carbocycles. The maximum Gasteiger partial charge on any atom is 0.179 e. The molecule has 1 aromatic heterocycles. The van der Waals surface area contributed by atoms with Crippen LogP contribution in [0.25, 0.3) is 0 Å². The molecule has 0 aliphatic carbocycles. The summed E-state index contributed by atoms with van der Waals surface area (Å²) in [7, 11) is -3.08. The lowest BCUT2D eigenvalue weighted by Crippen LogP contribution is -2.04. The maximum atomic E-state index is 11.3. The number of pyridine rings is 1. The largest absolute Gasteiger partial charge is 0.263 e. The molecule has 0 aliphatic heterocycles. The molecule has 0 unspecified atom stereocenters. The van der Waals surface area contributed by atoms with E-state index in [4.69, 9.17) is 0 Å². The maximum absolute atomic E-state index is 11.3. The zero-order valence-electron chi connectivity index (χ0n) is 7.11. The standard InChI is InChI=1S/C8H11NO2S/c1-3-12(10,11)8-4-7(2)5-9-6-8/h4-6H,3H2,1-2H3. The Morgan fingerprint density at radius 2 is 2.08 bits per heavy atom. The highest BCUT2D eigenvalue weighted by Crippen LogP contribution is 2.10. The molecule has 0 amide bonds. The summed E-state index contributed by atoms with van der Waals surface area (Å²) in [4.78, 5) is 4.13. The third kappa shape index (κ3) is 1.82. The molecule has 1 rings (SSSR count). The van der Waals surface area contributed by atoms with Gasteiger partial charge >= 0.3 is 0 Å². The molecule has 12 heavy (non-hydrogen) atoms. The second-order valence-electron chi connectivity index (χ2n) is 2.60. The zero-order valence-corrected chi connectivity index (χ0v) is 7.93. The van der Waals surface area contributed by atoms with Crippen molar-refractivity contribution in [2.24, 2.45) is 0 Å². The first-order valence-corrected chi connectivity index (χ1v) is 5.36. The van der Waals surface area contributed by atoms with Gasteiger partial charge in [0, 0.05) is 12.4 Å². The van der Waals surface area contributed by atoms with E-state index in [-0.39, 0.29) is 5.75 Å². The molecule has 0 aliphatic rings. The predicted octanol–water partition coefficient (Wildman–Crippen LogP) is 1.18. The van der Waals surface area contributed by atoms with Crippen molar-refractivity contribution in [2.75, 3.05) is 5.75 Å². The van der Waals surface area contributed by atoms with Crippen LogP contribution in [0.5, 0.6) is 0 Å². The Kier molecular flexibility index (Phi) is 2.47. The second kappa shape index (κ2) is 3.23. The number of hydrogen-bond donors (Lipinski definition) is 0. The third-order valence-electron chi connectivity index (χ3n) is 1.59. The van der Waals surface area contributed by atoms with Gasteiger partial charge in [-0.15, -0.1) is 0 Å². The third-order valence-corrected chi connectivity index (χ3v) is 3.29. The molecule has 0 radical (unpaired) electrons. The van der Waals surface area contributed by atoms with E-state index >= 15 is 0 Å². The fourth-order valence-corrected chi connectivity index (χ4v) is 1.78. The van der Waals surface area contributed by atoms with Crippen LogP contribution in [0.15, 0.2) is 23.4 Å². The Balaban J connectivity index is 3.21. The number of sulfone groups is 1. The van der Waals surface area contributed by atoms with Gasteiger partial charge in [-0.25, -0.2) is 8.42 Å². The van der Waals surface area contributed by atoms with Crippen LogP contribution in [0.2, 0.25) is 0 Å². The topological polar surface area (TPSA) is 47.0 Å². The SMILES string of the molecule is CCS(=O)(=O)c1cncc(C)c1. The molecule has 1 aromatic rings. The number of nitrogens with zero attached hydrogens (tertiary/aromatic N) is 1. The van der Waals surface area contributed by atoms with Gasteiger partial charge in [0.15, 0.2) is 9.84 Å². The zero-order chi connectivity index (χ0) is 9.19. The molecular formula is C8H11NO2S. The summed E-state index contributed by atoms with van der Waals surface area (Å²) >= 11 is 0. The molecular weight excluding hydrogens is 174 g/mol. The van der Waals surface area contributed by atoms with Gasteiger partial charge in [0.2, 0.25) is 0 Å². The molecule has 0 spiro atoms. The van der Waals surface area contributed by atoms with Gasteiger partial charge in [-0.3, -0.25) is 4.98 Å². The predicted molar refractivity (Wildman–Crippen MR) is 46.7 cm³/mol. The Morgan fingerprint density at radius 1 is 1.42 bits per heavy atom. The molecule has 66 valence electrons. The Bertz CT molecular complexity index is 370. The number of hydrogen-bond acceptors (Lipinski definition) is 3. The fraction of sp³-hybridized carbons (Fsp3) is 0.375. The summed E-state index contributed by atoms with van der Waals surface area (Å²) in [5.41, 5.74) is 0.865. The van der Waals surface area contributed by atoms with Gasteiger partial charge < -0.3 is 0 Å². The van der Waals surface area contributed by atoms with Crippen LogP contribution in [-0.4, -0.2) is 19.2 Å².